The zero-order valence-electron chi connectivity index (χ0n) is 14.2. The number of aryl methyl sites for hydroxylation is 1. The van der Waals surface area contributed by atoms with Gasteiger partial charge in [0.05, 0.1) is 0 Å². The van der Waals surface area contributed by atoms with Gasteiger partial charge in [-0.3, -0.25) is 14.5 Å². The Morgan fingerprint density at radius 2 is 2.00 bits per heavy atom. The number of hydrogen-bond acceptors (Lipinski definition) is 2. The average molecular weight is 340 g/mol. The van der Waals surface area contributed by atoms with Crippen molar-refractivity contribution in [3.8, 4) is 0 Å². The van der Waals surface area contributed by atoms with E-state index in [2.05, 4.69) is 5.32 Å². The first-order chi connectivity index (χ1) is 12.1. The second-order valence-electron chi connectivity index (χ2n) is 6.27. The van der Waals surface area contributed by atoms with Crippen LogP contribution < -0.4 is 10.2 Å². The second kappa shape index (κ2) is 7.47. The third-order valence-corrected chi connectivity index (χ3v) is 4.48. The van der Waals surface area contributed by atoms with Crippen LogP contribution in [-0.4, -0.2) is 17.9 Å². The Balaban J connectivity index is 1.75. The molecule has 2 aromatic carbocycles. The summed E-state index contributed by atoms with van der Waals surface area (Å²) in [4.78, 5) is 26.7. The van der Waals surface area contributed by atoms with Crippen molar-refractivity contribution in [3.05, 3.63) is 65.5 Å². The summed E-state index contributed by atoms with van der Waals surface area (Å²) in [5.41, 5.74) is 2.57. The van der Waals surface area contributed by atoms with E-state index >= 15 is 0 Å². The molecular formula is C20H21FN2O2. The van der Waals surface area contributed by atoms with Gasteiger partial charge in [0.1, 0.15) is 11.9 Å². The Bertz CT molecular complexity index is 791. The molecule has 2 amide bonds. The smallest absolute Gasteiger partial charge is 0.243 e. The predicted octanol–water partition coefficient (Wildman–Crippen LogP) is 3.20. The molecule has 1 atom stereocenters. The zero-order chi connectivity index (χ0) is 17.8. The van der Waals surface area contributed by atoms with Crippen molar-refractivity contribution in [1.82, 2.24) is 5.32 Å². The number of fused-ring (bicyclic) bond motifs is 1. The maximum atomic E-state index is 13.2. The zero-order valence-corrected chi connectivity index (χ0v) is 14.2. The van der Waals surface area contributed by atoms with E-state index in [9.17, 15) is 14.0 Å². The van der Waals surface area contributed by atoms with E-state index in [-0.39, 0.29) is 24.2 Å². The number of amides is 2. The van der Waals surface area contributed by atoms with Gasteiger partial charge in [-0.1, -0.05) is 30.3 Å². The lowest BCUT2D eigenvalue weighted by atomic mass is 10.1. The Kier molecular flexibility index (Phi) is 5.12. The Morgan fingerprint density at radius 1 is 1.20 bits per heavy atom. The molecule has 0 aliphatic carbocycles. The van der Waals surface area contributed by atoms with Crippen molar-refractivity contribution < 1.29 is 14.0 Å². The highest BCUT2D eigenvalue weighted by molar-refractivity contribution is 6.01. The van der Waals surface area contributed by atoms with Crippen molar-refractivity contribution in [1.29, 1.82) is 0 Å². The average Bonchev–Trinajstić information content (AvgIpc) is 2.77. The molecule has 0 spiro atoms. The van der Waals surface area contributed by atoms with Crippen molar-refractivity contribution in [2.24, 2.45) is 0 Å². The maximum absolute atomic E-state index is 13.2. The topological polar surface area (TPSA) is 49.4 Å². The molecule has 0 fully saturated rings. The third kappa shape index (κ3) is 3.87. The van der Waals surface area contributed by atoms with Crippen molar-refractivity contribution >= 4 is 17.5 Å². The Morgan fingerprint density at radius 3 is 2.80 bits per heavy atom. The molecule has 2 aromatic rings. The van der Waals surface area contributed by atoms with E-state index in [1.165, 1.54) is 12.1 Å². The minimum atomic E-state index is -0.625. The number of carbonyl (C=O) groups excluding carboxylic acids is 2. The molecule has 0 radical (unpaired) electrons. The number of hydrogen-bond donors (Lipinski definition) is 1. The van der Waals surface area contributed by atoms with E-state index in [1.54, 1.807) is 24.0 Å². The molecule has 4 nitrogen and oxygen atoms in total. The van der Waals surface area contributed by atoms with E-state index in [1.807, 2.05) is 24.3 Å². The van der Waals surface area contributed by atoms with Crippen LogP contribution in [0.15, 0.2) is 48.5 Å². The summed E-state index contributed by atoms with van der Waals surface area (Å²) in [5.74, 6) is -0.635. The minimum absolute atomic E-state index is 0.0432. The Hall–Kier alpha value is -2.69. The van der Waals surface area contributed by atoms with Gasteiger partial charge in [-0.25, -0.2) is 4.39 Å². The fraction of sp³-hybridized carbons (Fsp3) is 0.300. The van der Waals surface area contributed by atoms with Crippen LogP contribution in [0.1, 0.15) is 30.9 Å². The molecule has 5 heteroatoms. The highest BCUT2D eigenvalue weighted by atomic mass is 19.1. The number of nitrogens with one attached hydrogen (secondary N) is 1. The van der Waals surface area contributed by atoms with Crippen LogP contribution in [0.25, 0.3) is 0 Å². The van der Waals surface area contributed by atoms with Crippen LogP contribution in [0.2, 0.25) is 0 Å². The molecule has 3 rings (SSSR count). The lowest BCUT2D eigenvalue weighted by molar-refractivity contribution is -0.126. The predicted molar refractivity (Wildman–Crippen MR) is 94.6 cm³/mol. The number of benzene rings is 2. The second-order valence-corrected chi connectivity index (χ2v) is 6.27. The largest absolute Gasteiger partial charge is 0.350 e. The number of nitrogens with zero attached hydrogens (tertiary/aromatic N) is 1. The summed E-state index contributed by atoms with van der Waals surface area (Å²) in [5, 5.41) is 2.80. The molecule has 25 heavy (non-hydrogen) atoms. The molecule has 1 N–H and O–H groups in total. The lowest BCUT2D eigenvalue weighted by Gasteiger charge is -2.28. The van der Waals surface area contributed by atoms with E-state index in [4.69, 9.17) is 0 Å². The van der Waals surface area contributed by atoms with Gasteiger partial charge < -0.3 is 5.32 Å². The number of para-hydroxylation sites is 1. The molecule has 1 heterocycles. The molecule has 1 aliphatic rings. The Labute approximate surface area is 146 Å². The van der Waals surface area contributed by atoms with E-state index in [0.717, 1.165) is 24.1 Å². The van der Waals surface area contributed by atoms with Crippen molar-refractivity contribution in [2.75, 3.05) is 4.90 Å². The van der Waals surface area contributed by atoms with E-state index in [0.29, 0.717) is 12.0 Å². The van der Waals surface area contributed by atoms with Crippen LogP contribution in [0.3, 0.4) is 0 Å². The summed E-state index contributed by atoms with van der Waals surface area (Å²) < 4.78 is 13.2. The minimum Gasteiger partial charge on any atom is -0.350 e. The highest BCUT2D eigenvalue weighted by Gasteiger charge is 2.30. The standard InChI is InChI=1S/C20H21FN2O2/c1-14(20(25)22-13-15-6-4-9-17(21)12-15)23-18-10-3-2-7-16(18)8-5-11-19(23)24/h2-4,6-7,9-10,12,14H,5,8,11,13H2,1H3,(H,22,25). The first-order valence-corrected chi connectivity index (χ1v) is 8.48. The van der Waals surface area contributed by atoms with Crippen LogP contribution >= 0.6 is 0 Å². The molecule has 0 saturated carbocycles. The maximum Gasteiger partial charge on any atom is 0.243 e. The van der Waals surface area contributed by atoms with Gasteiger partial charge in [-0.15, -0.1) is 0 Å². The van der Waals surface area contributed by atoms with Crippen LogP contribution in [0.4, 0.5) is 10.1 Å². The quantitative estimate of drug-likeness (QED) is 0.929. The normalized spacial score (nSPS) is 15.3. The van der Waals surface area contributed by atoms with Gasteiger partial charge >= 0.3 is 0 Å². The fourth-order valence-corrected chi connectivity index (χ4v) is 3.17. The van der Waals surface area contributed by atoms with Gasteiger partial charge in [-0.2, -0.15) is 0 Å². The van der Waals surface area contributed by atoms with Crippen LogP contribution in [0.5, 0.6) is 0 Å². The summed E-state index contributed by atoms with van der Waals surface area (Å²) in [6, 6.07) is 13.2. The molecule has 0 saturated heterocycles. The summed E-state index contributed by atoms with van der Waals surface area (Å²) in [7, 11) is 0. The first-order valence-electron chi connectivity index (χ1n) is 8.48. The van der Waals surface area contributed by atoms with Crippen LogP contribution in [0, 0.1) is 5.82 Å². The van der Waals surface area contributed by atoms with Crippen molar-refractivity contribution in [3.63, 3.8) is 0 Å². The summed E-state index contributed by atoms with van der Waals surface area (Å²) in [6.45, 7) is 1.95. The lowest BCUT2D eigenvalue weighted by Crippen LogP contribution is -2.48. The van der Waals surface area contributed by atoms with Gasteiger partial charge in [0, 0.05) is 18.7 Å². The van der Waals surface area contributed by atoms with Gasteiger partial charge in [0.2, 0.25) is 11.8 Å². The van der Waals surface area contributed by atoms with Crippen molar-refractivity contribution in [2.45, 2.75) is 38.8 Å². The molecule has 1 aliphatic heterocycles. The monoisotopic (exact) mass is 340 g/mol. The number of carbonyl (C=O) groups is 2. The molecule has 0 aromatic heterocycles. The highest BCUT2D eigenvalue weighted by Crippen LogP contribution is 2.28. The van der Waals surface area contributed by atoms with Gasteiger partial charge in [-0.05, 0) is 49.1 Å². The van der Waals surface area contributed by atoms with Crippen LogP contribution in [-0.2, 0) is 22.6 Å². The third-order valence-electron chi connectivity index (χ3n) is 4.48. The van der Waals surface area contributed by atoms with Gasteiger partial charge in [0.25, 0.3) is 0 Å². The summed E-state index contributed by atoms with van der Waals surface area (Å²) in [6.07, 6.45) is 2.04. The first kappa shape index (κ1) is 17.1. The molecule has 130 valence electrons. The summed E-state index contributed by atoms with van der Waals surface area (Å²) >= 11 is 0. The van der Waals surface area contributed by atoms with E-state index < -0.39 is 6.04 Å². The van der Waals surface area contributed by atoms with Gasteiger partial charge in [0.15, 0.2) is 0 Å². The number of rotatable bonds is 4. The number of halogens is 1. The SMILES string of the molecule is CC(C(=O)NCc1cccc(F)c1)N1C(=O)CCCc2ccccc21. The molecule has 0 bridgehead atoms. The number of anilines is 1. The molecule has 1 unspecified atom stereocenters. The molecular weight excluding hydrogens is 319 g/mol. The fourth-order valence-electron chi connectivity index (χ4n) is 3.17.